The Balaban J connectivity index is 1.65. The molecule has 36 heavy (non-hydrogen) atoms. The predicted molar refractivity (Wildman–Crippen MR) is 123 cm³/mol. The summed E-state index contributed by atoms with van der Waals surface area (Å²) >= 11 is 6.56. The fraction of sp³-hybridized carbons (Fsp3) is 0.409. The first kappa shape index (κ1) is 25.5. The lowest BCUT2D eigenvalue weighted by molar-refractivity contribution is -0.199. The van der Waals surface area contributed by atoms with Gasteiger partial charge < -0.3 is 19.8 Å². The van der Waals surface area contributed by atoms with E-state index in [2.05, 4.69) is 25.1 Å². The van der Waals surface area contributed by atoms with Crippen LogP contribution in [-0.2, 0) is 9.59 Å². The van der Waals surface area contributed by atoms with Crippen LogP contribution in [0.4, 0.5) is 19.0 Å². The molecule has 4 rings (SSSR count). The number of nitrogens with zero attached hydrogens (tertiary/aromatic N) is 5. The van der Waals surface area contributed by atoms with Crippen LogP contribution >= 0.6 is 11.6 Å². The number of alkyl halides is 3. The molecule has 10 nitrogen and oxygen atoms in total. The molecule has 192 valence electrons. The van der Waals surface area contributed by atoms with Crippen molar-refractivity contribution in [3.05, 3.63) is 40.4 Å². The van der Waals surface area contributed by atoms with Gasteiger partial charge in [0.15, 0.2) is 11.3 Å². The molecule has 0 saturated carbocycles. The summed E-state index contributed by atoms with van der Waals surface area (Å²) in [6.45, 7) is 6.33. The number of halogens is 4. The van der Waals surface area contributed by atoms with Crippen molar-refractivity contribution in [1.29, 1.82) is 0 Å². The van der Waals surface area contributed by atoms with Crippen LogP contribution in [0, 0.1) is 6.92 Å². The third kappa shape index (κ3) is 4.62. The highest BCUT2D eigenvalue weighted by atomic mass is 35.5. The number of fused-ring (bicyclic) bond motifs is 1. The molecule has 0 bridgehead atoms. The van der Waals surface area contributed by atoms with Gasteiger partial charge in [0.1, 0.15) is 18.4 Å². The van der Waals surface area contributed by atoms with Crippen LogP contribution in [0.15, 0.2) is 18.7 Å². The lowest BCUT2D eigenvalue weighted by Gasteiger charge is -2.40. The average Bonchev–Trinajstić information content (AvgIpc) is 3.18. The number of rotatable bonds is 6. The van der Waals surface area contributed by atoms with Gasteiger partial charge in [-0.1, -0.05) is 11.6 Å². The van der Waals surface area contributed by atoms with Gasteiger partial charge in [-0.2, -0.15) is 13.2 Å². The van der Waals surface area contributed by atoms with Gasteiger partial charge in [0, 0.05) is 42.1 Å². The van der Waals surface area contributed by atoms with Gasteiger partial charge in [-0.3, -0.25) is 4.79 Å². The number of nitrogens with one attached hydrogen (secondary N) is 1. The minimum Gasteiger partial charge on any atom is -0.496 e. The fourth-order valence-electron chi connectivity index (χ4n) is 4.13. The normalized spacial score (nSPS) is 14.9. The largest absolute Gasteiger partial charge is 0.496 e. The van der Waals surface area contributed by atoms with Gasteiger partial charge in [-0.05, 0) is 25.5 Å². The second-order valence-electron chi connectivity index (χ2n) is 8.35. The number of amides is 1. The summed E-state index contributed by atoms with van der Waals surface area (Å²) < 4.78 is 44.1. The van der Waals surface area contributed by atoms with Crippen LogP contribution in [-0.4, -0.2) is 62.8 Å². The van der Waals surface area contributed by atoms with E-state index in [1.54, 1.807) is 18.1 Å². The standard InChI is InChI=1S/C22H22ClF3N6O4/c1-10-15(23)5-14(18(35-4)16(10)13-6-31(7-13)12(3)33)11(2)30-19-17-20(28-8-27-19)32(9-29-17)36-21(34)22(24,25)26/h5,8-9,11,13H,6-7H2,1-4H3,(H,27,28,30). The Hall–Kier alpha value is -3.61. The van der Waals surface area contributed by atoms with E-state index in [0.29, 0.717) is 34.2 Å². The number of methoxy groups -OCH3 is 1. The highest BCUT2D eigenvalue weighted by Gasteiger charge is 2.42. The first-order valence-corrected chi connectivity index (χ1v) is 11.2. The molecule has 3 aromatic rings. The van der Waals surface area contributed by atoms with Crippen molar-refractivity contribution in [1.82, 2.24) is 24.6 Å². The average molecular weight is 527 g/mol. The summed E-state index contributed by atoms with van der Waals surface area (Å²) in [7, 11) is 1.55. The van der Waals surface area contributed by atoms with Crippen LogP contribution in [0.3, 0.4) is 0 Å². The maximum atomic E-state index is 12.6. The maximum Gasteiger partial charge on any atom is 0.493 e. The molecule has 1 aromatic carbocycles. The van der Waals surface area contributed by atoms with Crippen molar-refractivity contribution in [3.8, 4) is 5.75 Å². The number of ether oxygens (including phenoxy) is 1. The summed E-state index contributed by atoms with van der Waals surface area (Å²) in [5, 5.41) is 3.68. The van der Waals surface area contributed by atoms with E-state index in [4.69, 9.17) is 16.3 Å². The summed E-state index contributed by atoms with van der Waals surface area (Å²) in [6, 6.07) is 1.32. The van der Waals surface area contributed by atoms with Crippen molar-refractivity contribution in [2.75, 3.05) is 25.5 Å². The zero-order valence-corrected chi connectivity index (χ0v) is 20.4. The minimum atomic E-state index is -5.18. The second kappa shape index (κ2) is 9.45. The third-order valence-corrected chi connectivity index (χ3v) is 6.42. The Morgan fingerprint density at radius 2 is 1.94 bits per heavy atom. The molecule has 1 aliphatic heterocycles. The molecule has 1 saturated heterocycles. The van der Waals surface area contributed by atoms with Gasteiger partial charge >= 0.3 is 12.1 Å². The van der Waals surface area contributed by atoms with E-state index in [1.807, 2.05) is 13.8 Å². The molecule has 0 radical (unpaired) electrons. The second-order valence-corrected chi connectivity index (χ2v) is 8.76. The number of hydrogen-bond donors (Lipinski definition) is 1. The zero-order valence-electron chi connectivity index (χ0n) is 19.7. The van der Waals surface area contributed by atoms with Crippen LogP contribution in [0.1, 0.15) is 42.5 Å². The van der Waals surface area contributed by atoms with Crippen LogP contribution < -0.4 is 14.9 Å². The molecule has 1 atom stereocenters. The summed E-state index contributed by atoms with van der Waals surface area (Å²) in [5.41, 5.74) is 2.42. The molecular formula is C22H22ClF3N6O4. The molecule has 1 amide bonds. The molecule has 1 unspecified atom stereocenters. The summed E-state index contributed by atoms with van der Waals surface area (Å²) in [6.07, 6.45) is -3.18. The third-order valence-electron chi connectivity index (χ3n) is 6.03. The molecule has 1 fully saturated rings. The predicted octanol–water partition coefficient (Wildman–Crippen LogP) is 3.43. The van der Waals surface area contributed by atoms with Crippen molar-refractivity contribution in [2.24, 2.45) is 0 Å². The van der Waals surface area contributed by atoms with Gasteiger partial charge in [0.05, 0.1) is 13.2 Å². The lowest BCUT2D eigenvalue weighted by Crippen LogP contribution is -2.47. The minimum absolute atomic E-state index is 0.00622. The topological polar surface area (TPSA) is 111 Å². The Morgan fingerprint density at radius 1 is 1.25 bits per heavy atom. The van der Waals surface area contributed by atoms with Gasteiger partial charge in [0.2, 0.25) is 11.6 Å². The van der Waals surface area contributed by atoms with Gasteiger partial charge in [-0.15, -0.1) is 4.73 Å². The van der Waals surface area contributed by atoms with E-state index < -0.39 is 18.2 Å². The van der Waals surface area contributed by atoms with E-state index >= 15 is 0 Å². The Labute approximate surface area is 208 Å². The summed E-state index contributed by atoms with van der Waals surface area (Å²) in [4.78, 5) is 41.0. The zero-order chi connectivity index (χ0) is 26.4. The van der Waals surface area contributed by atoms with Crippen molar-refractivity contribution >= 4 is 40.5 Å². The molecule has 0 spiro atoms. The SMILES string of the molecule is COc1c(C(C)Nc2ncnc3c2ncn3OC(=O)C(F)(F)F)cc(Cl)c(C)c1C1CN(C(C)=O)C1. The van der Waals surface area contributed by atoms with E-state index in [-0.39, 0.29) is 28.8 Å². The smallest absolute Gasteiger partial charge is 0.493 e. The molecule has 1 N–H and O–H groups in total. The maximum absolute atomic E-state index is 12.6. The molecular weight excluding hydrogens is 505 g/mol. The Bertz CT molecular complexity index is 1340. The number of likely N-dealkylation sites (tertiary alicyclic amines) is 1. The Morgan fingerprint density at radius 3 is 2.56 bits per heavy atom. The number of carbonyl (C=O) groups excluding carboxylic acids is 2. The lowest BCUT2D eigenvalue weighted by atomic mass is 9.85. The molecule has 14 heteroatoms. The number of imidazole rings is 1. The molecule has 2 aromatic heterocycles. The number of hydrogen-bond acceptors (Lipinski definition) is 8. The fourth-order valence-corrected chi connectivity index (χ4v) is 4.35. The van der Waals surface area contributed by atoms with E-state index in [0.717, 1.165) is 23.8 Å². The first-order valence-electron chi connectivity index (χ1n) is 10.8. The van der Waals surface area contributed by atoms with Gasteiger partial charge in [-0.25, -0.2) is 19.7 Å². The highest BCUT2D eigenvalue weighted by Crippen LogP contribution is 2.43. The Kier molecular flexibility index (Phi) is 6.69. The summed E-state index contributed by atoms with van der Waals surface area (Å²) in [5.74, 6) is -1.55. The van der Waals surface area contributed by atoms with Crippen molar-refractivity contribution < 1.29 is 32.3 Å². The van der Waals surface area contributed by atoms with E-state index in [1.165, 1.54) is 6.92 Å². The number of benzene rings is 1. The molecule has 3 heterocycles. The number of carbonyl (C=O) groups is 2. The number of aromatic nitrogens is 4. The van der Waals surface area contributed by atoms with Crippen LogP contribution in [0.5, 0.6) is 5.75 Å². The van der Waals surface area contributed by atoms with Gasteiger partial charge in [0.25, 0.3) is 0 Å². The van der Waals surface area contributed by atoms with Crippen molar-refractivity contribution in [2.45, 2.75) is 38.9 Å². The first-order chi connectivity index (χ1) is 16.9. The highest BCUT2D eigenvalue weighted by molar-refractivity contribution is 6.31. The molecule has 1 aliphatic rings. The van der Waals surface area contributed by atoms with Crippen molar-refractivity contribution in [3.63, 3.8) is 0 Å². The van der Waals surface area contributed by atoms with Crippen LogP contribution in [0.2, 0.25) is 5.02 Å². The number of anilines is 1. The monoisotopic (exact) mass is 526 g/mol. The molecule has 0 aliphatic carbocycles. The van der Waals surface area contributed by atoms with E-state index in [9.17, 15) is 22.8 Å². The quantitative estimate of drug-likeness (QED) is 0.520. The van der Waals surface area contributed by atoms with Crippen LogP contribution in [0.25, 0.3) is 11.2 Å².